The van der Waals surface area contributed by atoms with Crippen LogP contribution in [0.5, 0.6) is 11.5 Å². The lowest BCUT2D eigenvalue weighted by atomic mass is 10.1. The van der Waals surface area contributed by atoms with Crippen LogP contribution in [0, 0.1) is 0 Å². The Hall–Kier alpha value is -2.21. The van der Waals surface area contributed by atoms with E-state index in [2.05, 4.69) is 4.74 Å². The van der Waals surface area contributed by atoms with E-state index in [1.165, 1.54) is 36.7 Å². The summed E-state index contributed by atoms with van der Waals surface area (Å²) in [6, 6.07) is 8.24. The first kappa shape index (κ1) is 17.1. The van der Waals surface area contributed by atoms with Crippen LogP contribution in [-0.2, 0) is 6.42 Å². The molecule has 0 radical (unpaired) electrons. The minimum atomic E-state index is -2.92. The minimum absolute atomic E-state index is 0.0446. The standard InChI is InChI=1S/C17H16F2O3S/c1-3-12-6-9-16(23-12)13(20)7-4-11-5-8-14(22-17(18)19)15(10-11)21-2/h4-10,17H,3H2,1-2H3. The molecule has 1 heterocycles. The molecule has 0 spiro atoms. The maximum atomic E-state index is 12.3. The monoisotopic (exact) mass is 338 g/mol. The molecule has 122 valence electrons. The Morgan fingerprint density at radius 2 is 2.04 bits per heavy atom. The normalized spacial score (nSPS) is 11.2. The van der Waals surface area contributed by atoms with Crippen molar-refractivity contribution in [2.45, 2.75) is 20.0 Å². The van der Waals surface area contributed by atoms with Gasteiger partial charge < -0.3 is 9.47 Å². The number of ether oxygens (including phenoxy) is 2. The number of halogens is 2. The molecule has 2 rings (SSSR count). The van der Waals surface area contributed by atoms with Crippen LogP contribution >= 0.6 is 11.3 Å². The third kappa shape index (κ3) is 4.63. The maximum absolute atomic E-state index is 12.3. The minimum Gasteiger partial charge on any atom is -0.493 e. The van der Waals surface area contributed by atoms with Gasteiger partial charge in [0, 0.05) is 4.88 Å². The highest BCUT2D eigenvalue weighted by Gasteiger charge is 2.11. The Labute approximate surface area is 137 Å². The van der Waals surface area contributed by atoms with Crippen LogP contribution in [0.4, 0.5) is 8.78 Å². The van der Waals surface area contributed by atoms with Gasteiger partial charge in [0.25, 0.3) is 0 Å². The Balaban J connectivity index is 2.14. The molecular weight excluding hydrogens is 322 g/mol. The van der Waals surface area contributed by atoms with Gasteiger partial charge >= 0.3 is 6.61 Å². The van der Waals surface area contributed by atoms with Crippen LogP contribution in [0.25, 0.3) is 6.08 Å². The third-order valence-electron chi connectivity index (χ3n) is 3.08. The fourth-order valence-electron chi connectivity index (χ4n) is 1.94. The maximum Gasteiger partial charge on any atom is 0.387 e. The molecule has 3 nitrogen and oxygen atoms in total. The molecular formula is C17H16F2O3S. The van der Waals surface area contributed by atoms with E-state index in [0.29, 0.717) is 10.4 Å². The zero-order valence-corrected chi connectivity index (χ0v) is 13.5. The number of carbonyl (C=O) groups excluding carboxylic acids is 1. The average molecular weight is 338 g/mol. The highest BCUT2D eigenvalue weighted by atomic mass is 32.1. The van der Waals surface area contributed by atoms with E-state index in [4.69, 9.17) is 4.74 Å². The molecule has 1 aromatic heterocycles. The number of hydrogen-bond donors (Lipinski definition) is 0. The van der Waals surface area contributed by atoms with E-state index in [1.807, 2.05) is 13.0 Å². The molecule has 1 aromatic carbocycles. The van der Waals surface area contributed by atoms with Gasteiger partial charge in [0.05, 0.1) is 12.0 Å². The van der Waals surface area contributed by atoms with Crippen molar-refractivity contribution >= 4 is 23.2 Å². The van der Waals surface area contributed by atoms with Gasteiger partial charge in [-0.1, -0.05) is 19.1 Å². The molecule has 0 atom stereocenters. The molecule has 0 bridgehead atoms. The van der Waals surface area contributed by atoms with E-state index in [0.717, 1.165) is 11.3 Å². The number of thiophene rings is 1. The van der Waals surface area contributed by atoms with E-state index in [-0.39, 0.29) is 17.3 Å². The zero-order chi connectivity index (χ0) is 16.8. The Morgan fingerprint density at radius 1 is 1.26 bits per heavy atom. The molecule has 0 aliphatic carbocycles. The van der Waals surface area contributed by atoms with Gasteiger partial charge in [-0.05, 0) is 42.3 Å². The van der Waals surface area contributed by atoms with E-state index >= 15 is 0 Å². The summed E-state index contributed by atoms with van der Waals surface area (Å²) in [6.45, 7) is -0.885. The second-order valence-corrected chi connectivity index (χ2v) is 5.77. The average Bonchev–Trinajstić information content (AvgIpc) is 3.02. The molecule has 0 amide bonds. The summed E-state index contributed by atoms with van der Waals surface area (Å²) in [5.74, 6) is 0.0442. The lowest BCUT2D eigenvalue weighted by Crippen LogP contribution is -2.03. The van der Waals surface area contributed by atoms with Gasteiger partial charge in [0.2, 0.25) is 0 Å². The predicted octanol–water partition coefficient (Wildman–Crippen LogP) is 4.82. The van der Waals surface area contributed by atoms with Gasteiger partial charge in [-0.15, -0.1) is 11.3 Å². The highest BCUT2D eigenvalue weighted by Crippen LogP contribution is 2.30. The number of benzene rings is 1. The fourth-order valence-corrected chi connectivity index (χ4v) is 2.80. The molecule has 0 aliphatic heterocycles. The molecule has 0 aliphatic rings. The SMILES string of the molecule is CCc1ccc(C(=O)C=Cc2ccc(OC(F)F)c(OC)c2)s1. The smallest absolute Gasteiger partial charge is 0.387 e. The van der Waals surface area contributed by atoms with Crippen LogP contribution in [0.1, 0.15) is 27.0 Å². The van der Waals surface area contributed by atoms with Crippen molar-refractivity contribution in [3.05, 3.63) is 51.7 Å². The Morgan fingerprint density at radius 3 is 2.65 bits per heavy atom. The van der Waals surface area contributed by atoms with Crippen LogP contribution < -0.4 is 9.47 Å². The summed E-state index contributed by atoms with van der Waals surface area (Å²) in [7, 11) is 1.37. The molecule has 6 heteroatoms. The topological polar surface area (TPSA) is 35.5 Å². The molecule has 0 saturated heterocycles. The number of ketones is 1. The summed E-state index contributed by atoms with van der Waals surface area (Å²) >= 11 is 1.46. The van der Waals surface area contributed by atoms with Crippen molar-refractivity contribution < 1.29 is 23.0 Å². The number of alkyl halides is 2. The lowest BCUT2D eigenvalue weighted by Gasteiger charge is -2.10. The number of allylic oxidation sites excluding steroid dienone is 1. The first-order chi connectivity index (χ1) is 11.0. The van der Waals surface area contributed by atoms with Gasteiger partial charge in [0.1, 0.15) is 0 Å². The van der Waals surface area contributed by atoms with E-state index in [1.54, 1.807) is 18.2 Å². The highest BCUT2D eigenvalue weighted by molar-refractivity contribution is 7.14. The molecule has 0 N–H and O–H groups in total. The van der Waals surface area contributed by atoms with E-state index in [9.17, 15) is 13.6 Å². The zero-order valence-electron chi connectivity index (χ0n) is 12.7. The van der Waals surface area contributed by atoms with Crippen LogP contribution in [0.15, 0.2) is 36.4 Å². The Bertz CT molecular complexity index is 708. The molecule has 23 heavy (non-hydrogen) atoms. The van der Waals surface area contributed by atoms with Gasteiger partial charge in [-0.25, -0.2) is 0 Å². The van der Waals surface area contributed by atoms with Crippen LogP contribution in [-0.4, -0.2) is 19.5 Å². The van der Waals surface area contributed by atoms with E-state index < -0.39 is 6.61 Å². The van der Waals surface area contributed by atoms with Crippen LogP contribution in [0.3, 0.4) is 0 Å². The van der Waals surface area contributed by atoms with Crippen molar-refractivity contribution in [1.82, 2.24) is 0 Å². The number of hydrogen-bond acceptors (Lipinski definition) is 4. The molecule has 0 fully saturated rings. The van der Waals surface area contributed by atoms with Crippen molar-refractivity contribution in [1.29, 1.82) is 0 Å². The first-order valence-corrected chi connectivity index (χ1v) is 7.79. The summed E-state index contributed by atoms with van der Waals surface area (Å²) in [5.41, 5.74) is 0.657. The van der Waals surface area contributed by atoms with Gasteiger partial charge in [0.15, 0.2) is 17.3 Å². The number of carbonyl (C=O) groups is 1. The van der Waals surface area contributed by atoms with Crippen molar-refractivity contribution in [3.8, 4) is 11.5 Å². The lowest BCUT2D eigenvalue weighted by molar-refractivity contribution is -0.0512. The summed E-state index contributed by atoms with van der Waals surface area (Å²) in [6.07, 6.45) is 3.96. The predicted molar refractivity (Wildman–Crippen MR) is 86.7 cm³/mol. The second kappa shape index (κ2) is 7.87. The number of rotatable bonds is 7. The largest absolute Gasteiger partial charge is 0.493 e. The van der Waals surface area contributed by atoms with Crippen molar-refractivity contribution in [3.63, 3.8) is 0 Å². The Kier molecular flexibility index (Phi) is 5.87. The van der Waals surface area contributed by atoms with Gasteiger partial charge in [-0.3, -0.25) is 4.79 Å². The summed E-state index contributed by atoms with van der Waals surface area (Å²) < 4.78 is 33.9. The fraction of sp³-hybridized carbons (Fsp3) is 0.235. The molecule has 0 saturated carbocycles. The van der Waals surface area contributed by atoms with Crippen molar-refractivity contribution in [2.24, 2.45) is 0 Å². The summed E-state index contributed by atoms with van der Waals surface area (Å²) in [5, 5.41) is 0. The quantitative estimate of drug-likeness (QED) is 0.536. The number of aryl methyl sites for hydroxylation is 1. The summed E-state index contributed by atoms with van der Waals surface area (Å²) in [4.78, 5) is 13.9. The van der Waals surface area contributed by atoms with Crippen molar-refractivity contribution in [2.75, 3.05) is 7.11 Å². The second-order valence-electron chi connectivity index (χ2n) is 4.61. The first-order valence-electron chi connectivity index (χ1n) is 6.97. The van der Waals surface area contributed by atoms with Crippen LogP contribution in [0.2, 0.25) is 0 Å². The molecule has 0 unspecified atom stereocenters. The molecule has 2 aromatic rings. The third-order valence-corrected chi connectivity index (χ3v) is 4.33. The van der Waals surface area contributed by atoms with Gasteiger partial charge in [-0.2, -0.15) is 8.78 Å². The number of methoxy groups -OCH3 is 1.